The molecule has 0 fully saturated rings. The molecule has 0 N–H and O–H groups in total. The molecule has 0 radical (unpaired) electrons. The van der Waals surface area contributed by atoms with E-state index in [1.807, 2.05) is 6.07 Å². The van der Waals surface area contributed by atoms with Crippen LogP contribution >= 0.6 is 0 Å². The molecule has 0 bridgehead atoms. The minimum absolute atomic E-state index is 0.178. The van der Waals surface area contributed by atoms with E-state index in [1.54, 1.807) is 24.3 Å². The zero-order chi connectivity index (χ0) is 12.1. The number of Topliss-reactive ketones (excluding diaryl/α,β-unsaturated/α-hetero) is 2. The molecule has 4 nitrogen and oxygen atoms in total. The number of carbonyl (C=O) groups is 2. The first-order valence-electron chi connectivity index (χ1n) is 5.15. The molecule has 0 aliphatic heterocycles. The van der Waals surface area contributed by atoms with E-state index >= 15 is 0 Å². The molecule has 0 saturated carbocycles. The Morgan fingerprint density at radius 3 is 2.41 bits per heavy atom. The van der Waals surface area contributed by atoms with Crippen molar-refractivity contribution in [3.63, 3.8) is 0 Å². The molecule has 2 rings (SSSR count). The van der Waals surface area contributed by atoms with Crippen LogP contribution in [0.15, 0.2) is 48.9 Å². The largest absolute Gasteiger partial charge is 0.294 e. The summed E-state index contributed by atoms with van der Waals surface area (Å²) >= 11 is 0. The molecule has 0 aliphatic carbocycles. The molecule has 1 aromatic carbocycles. The topological polar surface area (TPSA) is 59.9 Å². The van der Waals surface area contributed by atoms with Crippen LogP contribution in [0.4, 0.5) is 0 Å². The molecular weight excluding hydrogens is 216 g/mol. The molecule has 84 valence electrons. The van der Waals surface area contributed by atoms with Crippen LogP contribution in [0.5, 0.6) is 0 Å². The van der Waals surface area contributed by atoms with Crippen molar-refractivity contribution >= 4 is 11.6 Å². The second-order valence-electron chi connectivity index (χ2n) is 3.48. The predicted octanol–water partition coefficient (Wildman–Crippen LogP) is 1.93. The fraction of sp³-hybridized carbons (Fsp3) is 0.0769. The van der Waals surface area contributed by atoms with E-state index in [0.717, 1.165) is 0 Å². The summed E-state index contributed by atoms with van der Waals surface area (Å²) in [5.74, 6) is -0.520. The molecule has 1 heterocycles. The highest BCUT2D eigenvalue weighted by atomic mass is 16.1. The normalized spacial score (nSPS) is 9.88. The highest BCUT2D eigenvalue weighted by Crippen LogP contribution is 2.06. The van der Waals surface area contributed by atoms with Crippen molar-refractivity contribution < 1.29 is 9.59 Å². The number of rotatable bonds is 4. The molecule has 0 aliphatic rings. The number of ketones is 2. The molecule has 17 heavy (non-hydrogen) atoms. The lowest BCUT2D eigenvalue weighted by atomic mass is 10.1. The summed E-state index contributed by atoms with van der Waals surface area (Å²) in [5, 5.41) is 0. The lowest BCUT2D eigenvalue weighted by molar-refractivity contribution is 0.0891. The summed E-state index contributed by atoms with van der Waals surface area (Å²) in [4.78, 5) is 31.1. The fourth-order valence-corrected chi connectivity index (χ4v) is 1.41. The Morgan fingerprint density at radius 1 is 1.00 bits per heavy atom. The van der Waals surface area contributed by atoms with Crippen LogP contribution in [-0.2, 0) is 0 Å². The standard InChI is InChI=1S/C13H10N2O2/c16-12(10-4-2-1-3-5-10)8-13(17)11-9-14-6-7-15-11/h1-7,9H,8H2. The van der Waals surface area contributed by atoms with Gasteiger partial charge in [-0.2, -0.15) is 0 Å². The van der Waals surface area contributed by atoms with Crippen LogP contribution < -0.4 is 0 Å². The van der Waals surface area contributed by atoms with Gasteiger partial charge in [-0.3, -0.25) is 14.6 Å². The van der Waals surface area contributed by atoms with Gasteiger partial charge in [-0.15, -0.1) is 0 Å². The molecule has 1 aromatic heterocycles. The number of hydrogen-bond acceptors (Lipinski definition) is 4. The maximum absolute atomic E-state index is 11.8. The highest BCUT2D eigenvalue weighted by Gasteiger charge is 2.14. The van der Waals surface area contributed by atoms with E-state index in [4.69, 9.17) is 0 Å². The lowest BCUT2D eigenvalue weighted by Crippen LogP contribution is -2.10. The Labute approximate surface area is 98.3 Å². The number of aromatic nitrogens is 2. The Morgan fingerprint density at radius 2 is 1.76 bits per heavy atom. The zero-order valence-electron chi connectivity index (χ0n) is 9.04. The maximum Gasteiger partial charge on any atom is 0.190 e. The first-order valence-corrected chi connectivity index (χ1v) is 5.15. The van der Waals surface area contributed by atoms with E-state index in [-0.39, 0.29) is 23.7 Å². The van der Waals surface area contributed by atoms with Crippen molar-refractivity contribution in [3.8, 4) is 0 Å². The third-order valence-electron chi connectivity index (χ3n) is 2.27. The summed E-state index contributed by atoms with van der Waals surface area (Å²) in [7, 11) is 0. The van der Waals surface area contributed by atoms with E-state index in [9.17, 15) is 9.59 Å². The highest BCUT2D eigenvalue weighted by molar-refractivity contribution is 6.12. The van der Waals surface area contributed by atoms with Gasteiger partial charge >= 0.3 is 0 Å². The Hall–Kier alpha value is -2.36. The molecule has 0 unspecified atom stereocenters. The Bertz CT molecular complexity index is 474. The molecule has 0 atom stereocenters. The monoisotopic (exact) mass is 226 g/mol. The van der Waals surface area contributed by atoms with Crippen molar-refractivity contribution in [1.29, 1.82) is 0 Å². The van der Waals surface area contributed by atoms with Gasteiger partial charge in [0.2, 0.25) is 0 Å². The average Bonchev–Trinajstić information content (AvgIpc) is 2.40. The van der Waals surface area contributed by atoms with Gasteiger partial charge in [0.1, 0.15) is 5.69 Å². The Kier molecular flexibility index (Phi) is 3.35. The van der Waals surface area contributed by atoms with Gasteiger partial charge in [0.05, 0.1) is 12.6 Å². The number of nitrogens with zero attached hydrogens (tertiary/aromatic N) is 2. The van der Waals surface area contributed by atoms with Crippen molar-refractivity contribution in [2.45, 2.75) is 6.42 Å². The van der Waals surface area contributed by atoms with Gasteiger partial charge in [0.25, 0.3) is 0 Å². The Balaban J connectivity index is 2.08. The molecule has 2 aromatic rings. The second kappa shape index (κ2) is 5.12. The van der Waals surface area contributed by atoms with Gasteiger partial charge in [-0.05, 0) is 0 Å². The van der Waals surface area contributed by atoms with E-state index < -0.39 is 0 Å². The van der Waals surface area contributed by atoms with Crippen LogP contribution in [-0.4, -0.2) is 21.5 Å². The SMILES string of the molecule is O=C(CC(=O)c1cnccn1)c1ccccc1. The summed E-state index contributed by atoms with van der Waals surface area (Å²) in [6.07, 6.45) is 4.10. The third-order valence-corrected chi connectivity index (χ3v) is 2.27. The minimum Gasteiger partial charge on any atom is -0.294 e. The van der Waals surface area contributed by atoms with Gasteiger partial charge in [-0.25, -0.2) is 4.98 Å². The zero-order valence-corrected chi connectivity index (χ0v) is 9.04. The van der Waals surface area contributed by atoms with Crippen molar-refractivity contribution in [2.75, 3.05) is 0 Å². The van der Waals surface area contributed by atoms with Crippen LogP contribution in [0, 0.1) is 0 Å². The lowest BCUT2D eigenvalue weighted by Gasteiger charge is -1.99. The fourth-order valence-electron chi connectivity index (χ4n) is 1.41. The summed E-state index contributed by atoms with van der Waals surface area (Å²) < 4.78 is 0. The van der Waals surface area contributed by atoms with Crippen LogP contribution in [0.2, 0.25) is 0 Å². The second-order valence-corrected chi connectivity index (χ2v) is 3.48. The molecular formula is C13H10N2O2. The van der Waals surface area contributed by atoms with Crippen molar-refractivity contribution in [1.82, 2.24) is 9.97 Å². The quantitative estimate of drug-likeness (QED) is 0.590. The van der Waals surface area contributed by atoms with Gasteiger partial charge < -0.3 is 0 Å². The molecule has 0 saturated heterocycles. The van der Waals surface area contributed by atoms with Crippen LogP contribution in [0.1, 0.15) is 27.3 Å². The summed E-state index contributed by atoms with van der Waals surface area (Å²) in [5.41, 5.74) is 0.751. The number of benzene rings is 1. The molecule has 0 spiro atoms. The van der Waals surface area contributed by atoms with E-state index in [0.29, 0.717) is 5.56 Å². The summed E-state index contributed by atoms with van der Waals surface area (Å²) in [6, 6.07) is 8.72. The summed E-state index contributed by atoms with van der Waals surface area (Å²) in [6.45, 7) is 0. The number of carbonyl (C=O) groups excluding carboxylic acids is 2. The van der Waals surface area contributed by atoms with E-state index in [2.05, 4.69) is 9.97 Å². The van der Waals surface area contributed by atoms with Gasteiger partial charge in [-0.1, -0.05) is 30.3 Å². The first kappa shape index (κ1) is 11.1. The van der Waals surface area contributed by atoms with E-state index in [1.165, 1.54) is 18.6 Å². The van der Waals surface area contributed by atoms with Crippen molar-refractivity contribution in [2.24, 2.45) is 0 Å². The number of hydrogen-bond donors (Lipinski definition) is 0. The van der Waals surface area contributed by atoms with Gasteiger partial charge in [0.15, 0.2) is 11.6 Å². The van der Waals surface area contributed by atoms with Crippen LogP contribution in [0.3, 0.4) is 0 Å². The predicted molar refractivity (Wildman–Crippen MR) is 61.8 cm³/mol. The van der Waals surface area contributed by atoms with Gasteiger partial charge in [0, 0.05) is 18.0 Å². The third kappa shape index (κ3) is 2.81. The first-order chi connectivity index (χ1) is 8.27. The maximum atomic E-state index is 11.8. The van der Waals surface area contributed by atoms with Crippen molar-refractivity contribution in [3.05, 3.63) is 60.2 Å². The average molecular weight is 226 g/mol. The smallest absolute Gasteiger partial charge is 0.190 e. The molecule has 0 amide bonds. The van der Waals surface area contributed by atoms with Crippen LogP contribution in [0.25, 0.3) is 0 Å². The molecule has 4 heteroatoms. The minimum atomic E-state index is -0.313.